The van der Waals surface area contributed by atoms with Gasteiger partial charge in [-0.15, -0.1) is 0 Å². The van der Waals surface area contributed by atoms with Crippen LogP contribution in [0.2, 0.25) is 0 Å². The van der Waals surface area contributed by atoms with Gasteiger partial charge in [-0.3, -0.25) is 14.9 Å². The Hall–Kier alpha value is -2.82. The van der Waals surface area contributed by atoms with Gasteiger partial charge in [0.15, 0.2) is 18.1 Å². The lowest BCUT2D eigenvalue weighted by Gasteiger charge is -2.26. The van der Waals surface area contributed by atoms with E-state index >= 15 is 0 Å². The first-order valence-electron chi connectivity index (χ1n) is 9.94. The summed E-state index contributed by atoms with van der Waals surface area (Å²) in [6.45, 7) is 2.56. The van der Waals surface area contributed by atoms with Crippen LogP contribution in [0.1, 0.15) is 29.3 Å². The fraction of sp³-hybridized carbons (Fsp3) is 0.381. The van der Waals surface area contributed by atoms with E-state index in [1.807, 2.05) is 12.1 Å². The number of ether oxygens (including phenoxy) is 2. The van der Waals surface area contributed by atoms with Crippen LogP contribution in [0.5, 0.6) is 5.75 Å². The monoisotopic (exact) mass is 448 g/mol. The number of Topliss-reactive ketones (excluding diaryl/α,β-unsaturated/α-hetero) is 1. The number of ketones is 1. The lowest BCUT2D eigenvalue weighted by molar-refractivity contribution is -0.386. The highest BCUT2D eigenvalue weighted by molar-refractivity contribution is 7.89. The number of nitrogens with zero attached hydrogens (tertiary/aromatic N) is 2. The zero-order valence-electron chi connectivity index (χ0n) is 17.2. The molecule has 3 rings (SSSR count). The number of nitro benzene ring substituents is 1. The molecule has 0 aliphatic carbocycles. The summed E-state index contributed by atoms with van der Waals surface area (Å²) in [5, 5.41) is 11.5. The SMILES string of the molecule is CCCc1ccc(C(=O)COc2ccc(S(=O)(=O)N3CCOCC3)cc2[N+](=O)[O-])cc1. The molecule has 0 atom stereocenters. The summed E-state index contributed by atoms with van der Waals surface area (Å²) in [6.07, 6.45) is 1.91. The zero-order valence-corrected chi connectivity index (χ0v) is 18.0. The van der Waals surface area contributed by atoms with Crippen LogP contribution >= 0.6 is 0 Å². The van der Waals surface area contributed by atoms with Crippen molar-refractivity contribution in [3.05, 3.63) is 63.7 Å². The quantitative estimate of drug-likeness (QED) is 0.329. The molecule has 0 radical (unpaired) electrons. The molecule has 0 spiro atoms. The number of carbonyl (C=O) groups excluding carboxylic acids is 1. The Bertz CT molecular complexity index is 1050. The van der Waals surface area contributed by atoms with Crippen molar-refractivity contribution in [1.29, 1.82) is 0 Å². The number of benzene rings is 2. The summed E-state index contributed by atoms with van der Waals surface area (Å²) < 4.78 is 37.3. The Morgan fingerprint density at radius 2 is 1.84 bits per heavy atom. The van der Waals surface area contributed by atoms with Gasteiger partial charge in [0.2, 0.25) is 10.0 Å². The highest BCUT2D eigenvalue weighted by Crippen LogP contribution is 2.31. The molecule has 0 saturated carbocycles. The van der Waals surface area contributed by atoms with Crippen LogP contribution in [0, 0.1) is 10.1 Å². The molecule has 1 heterocycles. The van der Waals surface area contributed by atoms with E-state index in [4.69, 9.17) is 9.47 Å². The minimum atomic E-state index is -3.89. The molecule has 9 nitrogen and oxygen atoms in total. The molecule has 166 valence electrons. The second-order valence-electron chi connectivity index (χ2n) is 7.06. The van der Waals surface area contributed by atoms with Gasteiger partial charge >= 0.3 is 5.69 Å². The molecule has 1 aliphatic heterocycles. The van der Waals surface area contributed by atoms with Crippen LogP contribution in [0.4, 0.5) is 5.69 Å². The van der Waals surface area contributed by atoms with Crippen molar-refractivity contribution in [3.8, 4) is 5.75 Å². The summed E-state index contributed by atoms with van der Waals surface area (Å²) in [4.78, 5) is 23.0. The molecule has 2 aromatic rings. The van der Waals surface area contributed by atoms with Gasteiger partial charge in [-0.2, -0.15) is 4.31 Å². The van der Waals surface area contributed by atoms with Crippen LogP contribution in [0.3, 0.4) is 0 Å². The van der Waals surface area contributed by atoms with E-state index in [1.165, 1.54) is 16.4 Å². The number of carbonyl (C=O) groups is 1. The Morgan fingerprint density at radius 3 is 2.45 bits per heavy atom. The molecule has 31 heavy (non-hydrogen) atoms. The van der Waals surface area contributed by atoms with Crippen LogP contribution in [-0.2, 0) is 21.2 Å². The Labute approximate surface area is 180 Å². The van der Waals surface area contributed by atoms with Crippen LogP contribution in [0.15, 0.2) is 47.4 Å². The van der Waals surface area contributed by atoms with Gasteiger partial charge in [-0.25, -0.2) is 8.42 Å². The fourth-order valence-electron chi connectivity index (χ4n) is 3.23. The van der Waals surface area contributed by atoms with Crippen molar-refractivity contribution in [2.45, 2.75) is 24.7 Å². The highest BCUT2D eigenvalue weighted by Gasteiger charge is 2.29. The maximum atomic E-state index is 12.8. The molecule has 0 aromatic heterocycles. The van der Waals surface area contributed by atoms with E-state index < -0.39 is 27.2 Å². The summed E-state index contributed by atoms with van der Waals surface area (Å²) in [5.41, 5.74) is 1.04. The molecule has 0 N–H and O–H groups in total. The van der Waals surface area contributed by atoms with E-state index in [1.54, 1.807) is 12.1 Å². The number of hydrogen-bond acceptors (Lipinski definition) is 7. The average molecular weight is 448 g/mol. The normalized spacial score (nSPS) is 14.9. The molecular formula is C21H24N2O7S. The highest BCUT2D eigenvalue weighted by atomic mass is 32.2. The van der Waals surface area contributed by atoms with Gasteiger partial charge in [0, 0.05) is 24.7 Å². The van der Waals surface area contributed by atoms with E-state index in [2.05, 4.69) is 6.92 Å². The van der Waals surface area contributed by atoms with Crippen LogP contribution in [0.25, 0.3) is 0 Å². The first-order chi connectivity index (χ1) is 14.8. The third-order valence-electron chi connectivity index (χ3n) is 4.91. The smallest absolute Gasteiger partial charge is 0.312 e. The molecule has 10 heteroatoms. The van der Waals surface area contributed by atoms with Gasteiger partial charge in [-0.1, -0.05) is 37.6 Å². The molecule has 0 amide bonds. The van der Waals surface area contributed by atoms with Crippen molar-refractivity contribution in [2.75, 3.05) is 32.9 Å². The molecule has 2 aromatic carbocycles. The van der Waals surface area contributed by atoms with E-state index in [9.17, 15) is 23.3 Å². The average Bonchev–Trinajstić information content (AvgIpc) is 2.78. The first kappa shape index (κ1) is 22.9. The van der Waals surface area contributed by atoms with Gasteiger partial charge in [-0.05, 0) is 24.1 Å². The van der Waals surface area contributed by atoms with Crippen molar-refractivity contribution < 1.29 is 27.6 Å². The van der Waals surface area contributed by atoms with Crippen molar-refractivity contribution in [1.82, 2.24) is 4.31 Å². The summed E-state index contributed by atoms with van der Waals surface area (Å²) in [6, 6.07) is 10.5. The van der Waals surface area contributed by atoms with Gasteiger partial charge < -0.3 is 9.47 Å². The number of sulfonamides is 1. The second kappa shape index (κ2) is 9.99. The number of rotatable bonds is 9. The van der Waals surface area contributed by atoms with E-state index in [-0.39, 0.29) is 42.7 Å². The van der Waals surface area contributed by atoms with Crippen LogP contribution in [-0.4, -0.2) is 56.3 Å². The van der Waals surface area contributed by atoms with Gasteiger partial charge in [0.25, 0.3) is 0 Å². The number of nitro groups is 1. The van der Waals surface area contributed by atoms with Crippen LogP contribution < -0.4 is 4.74 Å². The fourth-order valence-corrected chi connectivity index (χ4v) is 4.66. The predicted octanol–water partition coefficient (Wildman–Crippen LogP) is 2.83. The Balaban J connectivity index is 1.75. The molecule has 1 fully saturated rings. The van der Waals surface area contributed by atoms with E-state index in [0.717, 1.165) is 24.5 Å². The number of aryl methyl sites for hydroxylation is 1. The molecular weight excluding hydrogens is 424 g/mol. The first-order valence-corrected chi connectivity index (χ1v) is 11.4. The molecule has 1 aliphatic rings. The molecule has 0 bridgehead atoms. The molecule has 1 saturated heterocycles. The predicted molar refractivity (Wildman–Crippen MR) is 113 cm³/mol. The largest absolute Gasteiger partial charge is 0.478 e. The maximum Gasteiger partial charge on any atom is 0.312 e. The van der Waals surface area contributed by atoms with Crippen molar-refractivity contribution in [3.63, 3.8) is 0 Å². The Kier molecular flexibility index (Phi) is 7.37. The minimum Gasteiger partial charge on any atom is -0.478 e. The third-order valence-corrected chi connectivity index (χ3v) is 6.80. The topological polar surface area (TPSA) is 116 Å². The number of morpholine rings is 1. The van der Waals surface area contributed by atoms with Crippen molar-refractivity contribution in [2.24, 2.45) is 0 Å². The second-order valence-corrected chi connectivity index (χ2v) is 9.00. The lowest BCUT2D eigenvalue weighted by Crippen LogP contribution is -2.40. The van der Waals surface area contributed by atoms with Gasteiger partial charge in [0.05, 0.1) is 23.0 Å². The third kappa shape index (κ3) is 5.46. The molecule has 0 unspecified atom stereocenters. The summed E-state index contributed by atoms with van der Waals surface area (Å²) in [5.74, 6) is -0.496. The maximum absolute atomic E-state index is 12.8. The minimum absolute atomic E-state index is 0.165. The Morgan fingerprint density at radius 1 is 1.16 bits per heavy atom. The summed E-state index contributed by atoms with van der Waals surface area (Å²) >= 11 is 0. The van der Waals surface area contributed by atoms with Crippen molar-refractivity contribution >= 4 is 21.5 Å². The lowest BCUT2D eigenvalue weighted by atomic mass is 10.1. The zero-order chi connectivity index (χ0) is 22.4. The standard InChI is InChI=1S/C21H24N2O7S/c1-2-3-16-4-6-17(7-5-16)20(24)15-30-21-9-8-18(14-19(21)23(25)26)31(27,28)22-10-12-29-13-11-22/h4-9,14H,2-3,10-13,15H2,1H3. The number of hydrogen-bond donors (Lipinski definition) is 0. The van der Waals surface area contributed by atoms with Gasteiger partial charge in [0.1, 0.15) is 0 Å². The summed E-state index contributed by atoms with van der Waals surface area (Å²) in [7, 11) is -3.89. The van der Waals surface area contributed by atoms with E-state index in [0.29, 0.717) is 5.56 Å².